The summed E-state index contributed by atoms with van der Waals surface area (Å²) in [6, 6.07) is 0.636. The third-order valence-electron chi connectivity index (χ3n) is 12.5. The molecule has 5 heteroatoms. The largest absolute Gasteiger partial charge is 0.393 e. The van der Waals surface area contributed by atoms with Gasteiger partial charge in [-0.1, -0.05) is 20.3 Å². The number of piperidine rings is 2. The highest BCUT2D eigenvalue weighted by atomic mass is 16.3. The first-order chi connectivity index (χ1) is 16.3. The maximum Gasteiger partial charge on any atom is 0.0751 e. The molecule has 0 unspecified atom stereocenters. The molecular formula is C29H50N2O3. The van der Waals surface area contributed by atoms with Crippen molar-refractivity contribution < 1.29 is 15.3 Å². The maximum atomic E-state index is 11.6. The number of fused-ring (bicyclic) bond motifs is 5. The molecule has 5 nitrogen and oxygen atoms in total. The quantitative estimate of drug-likeness (QED) is 0.570. The summed E-state index contributed by atoms with van der Waals surface area (Å²) in [5.74, 6) is 2.77. The van der Waals surface area contributed by atoms with E-state index in [4.69, 9.17) is 0 Å². The van der Waals surface area contributed by atoms with Gasteiger partial charge in [-0.15, -0.1) is 0 Å². The van der Waals surface area contributed by atoms with Crippen LogP contribution in [0.15, 0.2) is 0 Å². The molecule has 4 aliphatic carbocycles. The third-order valence-corrected chi connectivity index (χ3v) is 12.5. The average molecular weight is 475 g/mol. The van der Waals surface area contributed by atoms with Crippen LogP contribution in [0.3, 0.4) is 0 Å². The summed E-state index contributed by atoms with van der Waals surface area (Å²) in [5.41, 5.74) is 0.390. The van der Waals surface area contributed by atoms with Crippen molar-refractivity contribution in [1.29, 1.82) is 0 Å². The van der Waals surface area contributed by atoms with Gasteiger partial charge in [0.2, 0.25) is 0 Å². The van der Waals surface area contributed by atoms with Gasteiger partial charge >= 0.3 is 0 Å². The average Bonchev–Trinajstić information content (AvgIpc) is 3.11. The number of likely N-dealkylation sites (tertiary alicyclic amines) is 2. The molecule has 6 fully saturated rings. The van der Waals surface area contributed by atoms with E-state index in [2.05, 4.69) is 23.6 Å². The van der Waals surface area contributed by atoms with Gasteiger partial charge in [-0.3, -0.25) is 9.80 Å². The lowest BCUT2D eigenvalue weighted by molar-refractivity contribution is -0.156. The van der Waals surface area contributed by atoms with E-state index in [0.29, 0.717) is 23.3 Å². The number of rotatable bonds is 2. The zero-order valence-corrected chi connectivity index (χ0v) is 21.7. The lowest BCUT2D eigenvalue weighted by Crippen LogP contribution is -2.60. The van der Waals surface area contributed by atoms with E-state index >= 15 is 0 Å². The van der Waals surface area contributed by atoms with E-state index in [1.165, 1.54) is 64.5 Å². The molecule has 2 heterocycles. The van der Waals surface area contributed by atoms with E-state index in [-0.39, 0.29) is 29.8 Å². The molecule has 0 bridgehead atoms. The second-order valence-electron chi connectivity index (χ2n) is 13.9. The van der Waals surface area contributed by atoms with Crippen molar-refractivity contribution in [1.82, 2.24) is 9.80 Å². The smallest absolute Gasteiger partial charge is 0.0751 e. The Labute approximate surface area is 207 Å². The SMILES string of the molecule is C[C@]12C[C@H](N3CCC(O)CC3)[C@@H](O)C[C@@H]1CC[C@@H]1[C@@H]2CC[C@]2(C)[C@@H](O)[C@@H](N3CCCCC3)C[C@@H]12. The Morgan fingerprint density at radius 2 is 1.38 bits per heavy atom. The van der Waals surface area contributed by atoms with Crippen LogP contribution >= 0.6 is 0 Å². The lowest BCUT2D eigenvalue weighted by atomic mass is 9.44. The summed E-state index contributed by atoms with van der Waals surface area (Å²) >= 11 is 0. The molecule has 10 atom stereocenters. The lowest BCUT2D eigenvalue weighted by Gasteiger charge is -2.62. The van der Waals surface area contributed by atoms with E-state index in [1.807, 2.05) is 0 Å². The first-order valence-corrected chi connectivity index (χ1v) is 14.8. The summed E-state index contributed by atoms with van der Waals surface area (Å²) in [4.78, 5) is 5.17. The Kier molecular flexibility index (Phi) is 6.37. The zero-order valence-electron chi connectivity index (χ0n) is 21.7. The molecular weight excluding hydrogens is 424 g/mol. The monoisotopic (exact) mass is 474 g/mol. The molecule has 0 aromatic carbocycles. The fraction of sp³-hybridized carbons (Fsp3) is 1.00. The van der Waals surface area contributed by atoms with Gasteiger partial charge in [0.15, 0.2) is 0 Å². The number of aliphatic hydroxyl groups excluding tert-OH is 3. The van der Waals surface area contributed by atoms with Crippen molar-refractivity contribution in [3.8, 4) is 0 Å². The topological polar surface area (TPSA) is 67.2 Å². The van der Waals surface area contributed by atoms with E-state index in [0.717, 1.165) is 50.6 Å². The van der Waals surface area contributed by atoms with Gasteiger partial charge in [0.05, 0.1) is 18.3 Å². The standard InChI is InChI=1S/C29H50N2O3/c1-28-11-8-22-21(23(28)17-24(27(28)34)30-12-4-3-5-13-30)7-6-19-16-26(33)25(18-29(19,22)2)31-14-9-20(32)10-15-31/h19-27,32-34H,3-18H2,1-2H3/t19-,21+,22-,23-,24-,25-,26-,27-,28-,29-/m0/s1. The van der Waals surface area contributed by atoms with Crippen LogP contribution in [0.25, 0.3) is 0 Å². The van der Waals surface area contributed by atoms with Crippen LogP contribution in [0.2, 0.25) is 0 Å². The first kappa shape index (κ1) is 24.2. The molecule has 0 spiro atoms. The molecule has 6 rings (SSSR count). The Hall–Kier alpha value is -0.200. The van der Waals surface area contributed by atoms with Crippen molar-refractivity contribution in [2.24, 2.45) is 34.5 Å². The second-order valence-corrected chi connectivity index (χ2v) is 13.9. The van der Waals surface area contributed by atoms with Crippen molar-refractivity contribution in [3.05, 3.63) is 0 Å². The van der Waals surface area contributed by atoms with Gasteiger partial charge in [-0.2, -0.15) is 0 Å². The predicted octanol–water partition coefficient (Wildman–Crippen LogP) is 3.65. The molecule has 0 radical (unpaired) electrons. The summed E-state index contributed by atoms with van der Waals surface area (Å²) in [5, 5.41) is 32.9. The molecule has 2 aliphatic heterocycles. The van der Waals surface area contributed by atoms with Crippen LogP contribution in [0, 0.1) is 34.5 Å². The number of hydrogen-bond acceptors (Lipinski definition) is 5. The Morgan fingerprint density at radius 3 is 2.12 bits per heavy atom. The van der Waals surface area contributed by atoms with E-state index in [9.17, 15) is 15.3 Å². The molecule has 3 N–H and O–H groups in total. The Bertz CT molecular complexity index is 735. The number of hydrogen-bond donors (Lipinski definition) is 3. The minimum Gasteiger partial charge on any atom is -0.393 e. The fourth-order valence-corrected chi connectivity index (χ4v) is 10.5. The van der Waals surface area contributed by atoms with Gasteiger partial charge in [0.1, 0.15) is 0 Å². The van der Waals surface area contributed by atoms with E-state index in [1.54, 1.807) is 0 Å². The molecule has 194 valence electrons. The van der Waals surface area contributed by atoms with Crippen molar-refractivity contribution in [3.63, 3.8) is 0 Å². The highest BCUT2D eigenvalue weighted by Crippen LogP contribution is 2.66. The zero-order chi connectivity index (χ0) is 23.7. The highest BCUT2D eigenvalue weighted by Gasteiger charge is 2.63. The van der Waals surface area contributed by atoms with Gasteiger partial charge < -0.3 is 15.3 Å². The van der Waals surface area contributed by atoms with Gasteiger partial charge in [-0.05, 0) is 118 Å². The fourth-order valence-electron chi connectivity index (χ4n) is 10.5. The summed E-state index contributed by atoms with van der Waals surface area (Å²) in [7, 11) is 0. The number of aliphatic hydroxyl groups is 3. The molecule has 34 heavy (non-hydrogen) atoms. The van der Waals surface area contributed by atoms with Crippen molar-refractivity contribution >= 4 is 0 Å². The molecule has 6 aliphatic rings. The second kappa shape index (κ2) is 8.97. The van der Waals surface area contributed by atoms with Gasteiger partial charge in [0, 0.05) is 25.2 Å². The summed E-state index contributed by atoms with van der Waals surface area (Å²) in [6.45, 7) is 9.25. The Morgan fingerprint density at radius 1 is 0.676 bits per heavy atom. The van der Waals surface area contributed by atoms with E-state index < -0.39 is 0 Å². The third kappa shape index (κ3) is 3.74. The van der Waals surface area contributed by atoms with Crippen LogP contribution in [-0.2, 0) is 0 Å². The minimum atomic E-state index is -0.212. The van der Waals surface area contributed by atoms with Crippen molar-refractivity contribution in [2.75, 3.05) is 26.2 Å². The van der Waals surface area contributed by atoms with Gasteiger partial charge in [0.25, 0.3) is 0 Å². The number of nitrogens with zero attached hydrogens (tertiary/aromatic N) is 2. The molecule has 0 aromatic rings. The molecule has 4 saturated carbocycles. The van der Waals surface area contributed by atoms with Crippen LogP contribution in [0.4, 0.5) is 0 Å². The van der Waals surface area contributed by atoms with Crippen molar-refractivity contribution in [2.45, 2.75) is 121 Å². The summed E-state index contributed by atoms with van der Waals surface area (Å²) in [6.07, 6.45) is 13.4. The normalized spacial score (nSPS) is 53.2. The minimum absolute atomic E-state index is 0.0864. The van der Waals surface area contributed by atoms with Crippen LogP contribution < -0.4 is 0 Å². The molecule has 0 aromatic heterocycles. The van der Waals surface area contributed by atoms with Gasteiger partial charge in [-0.25, -0.2) is 0 Å². The Balaban J connectivity index is 1.22. The molecule has 0 amide bonds. The first-order valence-electron chi connectivity index (χ1n) is 14.8. The summed E-state index contributed by atoms with van der Waals surface area (Å²) < 4.78 is 0. The highest BCUT2D eigenvalue weighted by molar-refractivity contribution is 5.14. The van der Waals surface area contributed by atoms with Crippen LogP contribution in [-0.4, -0.2) is 81.7 Å². The van der Waals surface area contributed by atoms with Crippen LogP contribution in [0.5, 0.6) is 0 Å². The molecule has 2 saturated heterocycles. The van der Waals surface area contributed by atoms with Crippen LogP contribution in [0.1, 0.15) is 90.9 Å². The maximum absolute atomic E-state index is 11.6. The predicted molar refractivity (Wildman–Crippen MR) is 134 cm³/mol.